The third kappa shape index (κ3) is 4.78. The van der Waals surface area contributed by atoms with Gasteiger partial charge in [-0.25, -0.2) is 28.7 Å². The van der Waals surface area contributed by atoms with E-state index in [-0.39, 0.29) is 18.1 Å². The van der Waals surface area contributed by atoms with Crippen LogP contribution in [-0.2, 0) is 6.54 Å². The molecule has 0 saturated carbocycles. The average Bonchev–Trinajstić information content (AvgIpc) is 2.73. The summed E-state index contributed by atoms with van der Waals surface area (Å²) in [5, 5.41) is 6.12. The molecule has 28 heavy (non-hydrogen) atoms. The molecule has 2 N–H and O–H groups in total. The minimum Gasteiger partial charge on any atom is -0.497 e. The number of alkyl halides is 2. The highest BCUT2D eigenvalue weighted by atomic mass is 19.3. The van der Waals surface area contributed by atoms with E-state index in [0.717, 1.165) is 0 Å². The predicted octanol–water partition coefficient (Wildman–Crippen LogP) is 3.58. The lowest BCUT2D eigenvalue weighted by Gasteiger charge is -2.12. The number of ether oxygens (including phenoxy) is 2. The van der Waals surface area contributed by atoms with Crippen molar-refractivity contribution in [3.63, 3.8) is 0 Å². The van der Waals surface area contributed by atoms with Gasteiger partial charge in [-0.3, -0.25) is 0 Å². The number of nitrogens with zero attached hydrogens (tertiary/aromatic N) is 4. The average molecular weight is 388 g/mol. The molecule has 10 heteroatoms. The normalized spacial score (nSPS) is 10.6. The molecule has 0 aliphatic heterocycles. The lowest BCUT2D eigenvalue weighted by Crippen LogP contribution is -2.07. The second-order valence-corrected chi connectivity index (χ2v) is 5.53. The number of nitrogens with one attached hydrogen (secondary N) is 2. The van der Waals surface area contributed by atoms with Gasteiger partial charge >= 0.3 is 0 Å². The number of aromatic nitrogens is 4. The van der Waals surface area contributed by atoms with Gasteiger partial charge in [-0.05, 0) is 18.2 Å². The van der Waals surface area contributed by atoms with E-state index in [9.17, 15) is 8.78 Å². The highest BCUT2D eigenvalue weighted by molar-refractivity contribution is 5.66. The zero-order valence-corrected chi connectivity index (χ0v) is 15.2. The van der Waals surface area contributed by atoms with Crippen LogP contribution in [0.3, 0.4) is 0 Å². The minimum atomic E-state index is -2.64. The minimum absolute atomic E-state index is 0.142. The quantitative estimate of drug-likeness (QED) is 0.605. The van der Waals surface area contributed by atoms with Crippen LogP contribution in [0.25, 0.3) is 0 Å². The van der Waals surface area contributed by atoms with Gasteiger partial charge in [0.1, 0.15) is 41.0 Å². The van der Waals surface area contributed by atoms with Crippen molar-refractivity contribution in [2.45, 2.75) is 13.0 Å². The van der Waals surface area contributed by atoms with Crippen LogP contribution in [0.4, 0.5) is 26.1 Å². The molecule has 0 fully saturated rings. The van der Waals surface area contributed by atoms with Crippen molar-refractivity contribution in [2.75, 3.05) is 24.9 Å². The van der Waals surface area contributed by atoms with Gasteiger partial charge in [0.25, 0.3) is 6.43 Å². The molecule has 0 atom stereocenters. The zero-order valence-electron chi connectivity index (χ0n) is 15.2. The van der Waals surface area contributed by atoms with Crippen LogP contribution in [0.15, 0.2) is 42.9 Å². The Labute approximate surface area is 160 Å². The third-order valence-corrected chi connectivity index (χ3v) is 3.72. The second-order valence-electron chi connectivity index (χ2n) is 5.53. The molecule has 0 bridgehead atoms. The maximum atomic E-state index is 12.7. The highest BCUT2D eigenvalue weighted by Crippen LogP contribution is 2.31. The van der Waals surface area contributed by atoms with Gasteiger partial charge in [0.2, 0.25) is 0 Å². The van der Waals surface area contributed by atoms with Gasteiger partial charge in [0.15, 0.2) is 0 Å². The van der Waals surface area contributed by atoms with Crippen molar-refractivity contribution in [1.82, 2.24) is 19.9 Å². The molecule has 0 spiro atoms. The van der Waals surface area contributed by atoms with E-state index in [2.05, 4.69) is 30.6 Å². The molecular weight excluding hydrogens is 370 g/mol. The van der Waals surface area contributed by atoms with E-state index in [1.54, 1.807) is 38.5 Å². The fourth-order valence-corrected chi connectivity index (χ4v) is 2.35. The maximum Gasteiger partial charge on any atom is 0.280 e. The van der Waals surface area contributed by atoms with Gasteiger partial charge < -0.3 is 20.1 Å². The van der Waals surface area contributed by atoms with Gasteiger partial charge in [-0.1, -0.05) is 0 Å². The fourth-order valence-electron chi connectivity index (χ4n) is 2.35. The van der Waals surface area contributed by atoms with Crippen molar-refractivity contribution in [3.8, 4) is 11.5 Å². The topological polar surface area (TPSA) is 94.1 Å². The van der Waals surface area contributed by atoms with Gasteiger partial charge in [0, 0.05) is 18.3 Å². The van der Waals surface area contributed by atoms with Crippen molar-refractivity contribution in [2.24, 2.45) is 0 Å². The molecule has 3 aromatic rings. The zero-order chi connectivity index (χ0) is 19.9. The molecular formula is C18H18F2N6O2. The van der Waals surface area contributed by atoms with Gasteiger partial charge in [-0.15, -0.1) is 0 Å². The van der Waals surface area contributed by atoms with E-state index < -0.39 is 6.43 Å². The summed E-state index contributed by atoms with van der Waals surface area (Å²) in [7, 11) is 3.13. The van der Waals surface area contributed by atoms with Crippen LogP contribution >= 0.6 is 0 Å². The Hall–Kier alpha value is -3.56. The Morgan fingerprint density at radius 2 is 1.82 bits per heavy atom. The van der Waals surface area contributed by atoms with Crippen molar-refractivity contribution in [1.29, 1.82) is 0 Å². The fraction of sp³-hybridized carbons (Fsp3) is 0.222. The molecule has 0 aliphatic carbocycles. The number of benzene rings is 1. The van der Waals surface area contributed by atoms with Gasteiger partial charge in [-0.2, -0.15) is 0 Å². The number of methoxy groups -OCH3 is 2. The molecule has 2 heterocycles. The Bertz CT molecular complexity index is 941. The first-order valence-corrected chi connectivity index (χ1v) is 8.24. The molecule has 0 radical (unpaired) electrons. The number of hydrogen-bond donors (Lipinski definition) is 2. The lowest BCUT2D eigenvalue weighted by atomic mass is 10.2. The standard InChI is InChI=1S/C18H18F2N6O2/c1-27-11-3-4-12(14(7-11)28-2)25-16-8-15(23-10-24-16)22-9-17-21-6-5-13(26-17)18(19)20/h3-8,10,18H,9H2,1-2H3,(H2,22,23,24,25). The molecule has 1 aromatic carbocycles. The highest BCUT2D eigenvalue weighted by Gasteiger charge is 2.10. The smallest absolute Gasteiger partial charge is 0.280 e. The van der Waals surface area contributed by atoms with Crippen molar-refractivity contribution in [3.05, 3.63) is 54.4 Å². The van der Waals surface area contributed by atoms with Crippen LogP contribution < -0.4 is 20.1 Å². The summed E-state index contributed by atoms with van der Waals surface area (Å²) >= 11 is 0. The first-order chi connectivity index (χ1) is 13.6. The summed E-state index contributed by atoms with van der Waals surface area (Å²) in [6.45, 7) is 0.142. The molecule has 0 unspecified atom stereocenters. The van der Waals surface area contributed by atoms with E-state index in [0.29, 0.717) is 28.8 Å². The molecule has 2 aromatic heterocycles. The largest absolute Gasteiger partial charge is 0.497 e. The summed E-state index contributed by atoms with van der Waals surface area (Å²) in [6.07, 6.45) is 0.0296. The van der Waals surface area contributed by atoms with E-state index in [1.807, 2.05) is 0 Å². The molecule has 0 amide bonds. The summed E-state index contributed by atoms with van der Waals surface area (Å²) in [5.74, 6) is 2.49. The van der Waals surface area contributed by atoms with Crippen LogP contribution in [0.1, 0.15) is 17.9 Å². The number of hydrogen-bond acceptors (Lipinski definition) is 8. The van der Waals surface area contributed by atoms with E-state index in [1.165, 1.54) is 18.6 Å². The van der Waals surface area contributed by atoms with Crippen molar-refractivity contribution < 1.29 is 18.3 Å². The Kier molecular flexibility index (Phi) is 6.10. The number of rotatable bonds is 8. The SMILES string of the molecule is COc1ccc(Nc2cc(NCc3nccc(C(F)F)n3)ncn2)c(OC)c1. The monoisotopic (exact) mass is 388 g/mol. The molecule has 8 nitrogen and oxygen atoms in total. The number of anilines is 3. The molecule has 0 saturated heterocycles. The number of halogens is 2. The first kappa shape index (κ1) is 19.2. The molecule has 0 aliphatic rings. The van der Waals surface area contributed by atoms with Gasteiger partial charge in [0.05, 0.1) is 26.5 Å². The Morgan fingerprint density at radius 1 is 1.00 bits per heavy atom. The summed E-state index contributed by atoms with van der Waals surface area (Å²) in [6, 6.07) is 8.19. The summed E-state index contributed by atoms with van der Waals surface area (Å²) in [5.41, 5.74) is 0.379. The van der Waals surface area contributed by atoms with Crippen molar-refractivity contribution >= 4 is 17.3 Å². The predicted molar refractivity (Wildman–Crippen MR) is 99.2 cm³/mol. The molecule has 3 rings (SSSR count). The Balaban J connectivity index is 1.70. The van der Waals surface area contributed by atoms with Crippen LogP contribution in [0, 0.1) is 0 Å². The van der Waals surface area contributed by atoms with Crippen LogP contribution in [0.2, 0.25) is 0 Å². The van der Waals surface area contributed by atoms with Crippen LogP contribution in [0.5, 0.6) is 11.5 Å². The van der Waals surface area contributed by atoms with E-state index in [4.69, 9.17) is 9.47 Å². The third-order valence-electron chi connectivity index (χ3n) is 3.72. The lowest BCUT2D eigenvalue weighted by molar-refractivity contribution is 0.145. The maximum absolute atomic E-state index is 12.7. The first-order valence-electron chi connectivity index (χ1n) is 8.24. The second kappa shape index (κ2) is 8.89. The summed E-state index contributed by atoms with van der Waals surface area (Å²) < 4.78 is 36.0. The molecule has 146 valence electrons. The Morgan fingerprint density at radius 3 is 2.57 bits per heavy atom. The van der Waals surface area contributed by atoms with E-state index >= 15 is 0 Å². The van der Waals surface area contributed by atoms with Crippen LogP contribution in [-0.4, -0.2) is 34.2 Å². The summed E-state index contributed by atoms with van der Waals surface area (Å²) in [4.78, 5) is 16.0.